The molecule has 1 N–H and O–H groups in total. The number of hydrogen-bond donors (Lipinski definition) is 1. The predicted octanol–water partition coefficient (Wildman–Crippen LogP) is 2.72. The second-order valence-corrected chi connectivity index (χ2v) is 9.66. The predicted molar refractivity (Wildman–Crippen MR) is 108 cm³/mol. The molecule has 146 valence electrons. The number of aromatic nitrogens is 1. The zero-order chi connectivity index (χ0) is 19.3. The van der Waals surface area contributed by atoms with Gasteiger partial charge in [-0.2, -0.15) is 4.31 Å². The molecule has 2 aromatic rings. The first-order valence-electron chi connectivity index (χ1n) is 9.11. The van der Waals surface area contributed by atoms with Crippen molar-refractivity contribution in [1.82, 2.24) is 14.2 Å². The highest BCUT2D eigenvalue weighted by molar-refractivity contribution is 7.99. The van der Waals surface area contributed by atoms with Crippen molar-refractivity contribution in [3.63, 3.8) is 0 Å². The first-order valence-corrected chi connectivity index (χ1v) is 11.5. The molecule has 1 aliphatic heterocycles. The summed E-state index contributed by atoms with van der Waals surface area (Å²) in [4.78, 5) is 13.8. The third-order valence-electron chi connectivity index (χ3n) is 4.56. The van der Waals surface area contributed by atoms with Crippen LogP contribution in [0.15, 0.2) is 52.4 Å². The molecular weight excluding hydrogens is 382 g/mol. The Bertz CT molecular complexity index is 873. The number of nitrogens with one attached hydrogen (secondary N) is 1. The topological polar surface area (TPSA) is 71.4 Å². The Balaban J connectivity index is 1.59. The van der Waals surface area contributed by atoms with Gasteiger partial charge in [-0.25, -0.2) is 8.42 Å². The lowest BCUT2D eigenvalue weighted by molar-refractivity contribution is 0.0948. The van der Waals surface area contributed by atoms with Crippen LogP contribution in [0.3, 0.4) is 0 Å². The number of sulfonamides is 1. The van der Waals surface area contributed by atoms with Crippen LogP contribution in [-0.2, 0) is 17.1 Å². The van der Waals surface area contributed by atoms with E-state index in [1.807, 2.05) is 30.3 Å². The summed E-state index contributed by atoms with van der Waals surface area (Å²) in [5, 5.41) is 2.87. The Morgan fingerprint density at radius 3 is 2.56 bits per heavy atom. The Labute approximate surface area is 165 Å². The molecule has 1 saturated heterocycles. The molecule has 0 spiro atoms. The number of nitrogens with zero attached hydrogens (tertiary/aromatic N) is 2. The van der Waals surface area contributed by atoms with Gasteiger partial charge < -0.3 is 9.88 Å². The van der Waals surface area contributed by atoms with Gasteiger partial charge >= 0.3 is 0 Å². The van der Waals surface area contributed by atoms with Crippen molar-refractivity contribution in [2.45, 2.75) is 29.1 Å². The number of thioether (sulfide) groups is 1. The maximum atomic E-state index is 12.8. The third-order valence-corrected chi connectivity index (χ3v) is 7.44. The molecule has 1 fully saturated rings. The zero-order valence-corrected chi connectivity index (χ0v) is 17.1. The van der Waals surface area contributed by atoms with Gasteiger partial charge in [-0.3, -0.25) is 4.79 Å². The minimum absolute atomic E-state index is 0.190. The fraction of sp³-hybridized carbons (Fsp3) is 0.421. The molecule has 0 unspecified atom stereocenters. The summed E-state index contributed by atoms with van der Waals surface area (Å²) in [7, 11) is -1.83. The van der Waals surface area contributed by atoms with Crippen molar-refractivity contribution < 1.29 is 13.2 Å². The maximum Gasteiger partial charge on any atom is 0.267 e. The van der Waals surface area contributed by atoms with Crippen LogP contribution in [0.5, 0.6) is 0 Å². The molecule has 1 aliphatic rings. The van der Waals surface area contributed by atoms with Gasteiger partial charge in [-0.05, 0) is 31.0 Å². The molecule has 2 heterocycles. The highest BCUT2D eigenvalue weighted by atomic mass is 32.2. The van der Waals surface area contributed by atoms with Crippen molar-refractivity contribution >= 4 is 27.7 Å². The Kier molecular flexibility index (Phi) is 6.62. The first kappa shape index (κ1) is 20.0. The molecule has 0 saturated carbocycles. The lowest BCUT2D eigenvalue weighted by Gasteiger charge is -2.25. The van der Waals surface area contributed by atoms with Gasteiger partial charge in [-0.1, -0.05) is 24.6 Å². The van der Waals surface area contributed by atoms with E-state index in [1.54, 1.807) is 23.4 Å². The van der Waals surface area contributed by atoms with Crippen molar-refractivity contribution in [2.24, 2.45) is 7.05 Å². The first-order chi connectivity index (χ1) is 13.0. The van der Waals surface area contributed by atoms with Gasteiger partial charge in [0.1, 0.15) is 10.6 Å². The number of piperidine rings is 1. The van der Waals surface area contributed by atoms with E-state index in [4.69, 9.17) is 0 Å². The van der Waals surface area contributed by atoms with Crippen LogP contribution in [0.2, 0.25) is 0 Å². The van der Waals surface area contributed by atoms with E-state index in [-0.39, 0.29) is 10.8 Å². The number of benzene rings is 1. The summed E-state index contributed by atoms with van der Waals surface area (Å²) >= 11 is 1.67. The molecule has 1 aromatic heterocycles. The average molecular weight is 408 g/mol. The van der Waals surface area contributed by atoms with Gasteiger partial charge in [0, 0.05) is 43.5 Å². The fourth-order valence-electron chi connectivity index (χ4n) is 3.10. The van der Waals surface area contributed by atoms with Crippen LogP contribution < -0.4 is 5.32 Å². The van der Waals surface area contributed by atoms with Crippen LogP contribution in [0.4, 0.5) is 0 Å². The Hall–Kier alpha value is -1.77. The summed E-state index contributed by atoms with van der Waals surface area (Å²) in [5.74, 6) is 0.491. The molecule has 1 amide bonds. The fourth-order valence-corrected chi connectivity index (χ4v) is 5.47. The molecule has 6 nitrogen and oxygen atoms in total. The Morgan fingerprint density at radius 1 is 1.15 bits per heavy atom. The molecule has 1 aromatic carbocycles. The standard InChI is InChI=1S/C19H25N3O3S2/c1-21-15-17(27(24,25)22-11-6-3-7-12-22)14-18(21)19(23)20-10-13-26-16-8-4-2-5-9-16/h2,4-5,8-9,14-15H,3,6-7,10-13H2,1H3,(H,20,23). The number of hydrogen-bond acceptors (Lipinski definition) is 4. The van der Waals surface area contributed by atoms with E-state index in [0.29, 0.717) is 25.3 Å². The van der Waals surface area contributed by atoms with Crippen molar-refractivity contribution in [1.29, 1.82) is 0 Å². The molecular formula is C19H25N3O3S2. The number of aryl methyl sites for hydroxylation is 1. The number of carbonyl (C=O) groups is 1. The molecule has 3 rings (SSSR count). The monoisotopic (exact) mass is 407 g/mol. The van der Waals surface area contributed by atoms with E-state index < -0.39 is 10.0 Å². The molecule has 8 heteroatoms. The normalized spacial score (nSPS) is 15.6. The zero-order valence-electron chi connectivity index (χ0n) is 15.4. The highest BCUT2D eigenvalue weighted by Crippen LogP contribution is 2.22. The molecule has 0 atom stereocenters. The summed E-state index contributed by atoms with van der Waals surface area (Å²) in [5.41, 5.74) is 0.357. The number of carbonyl (C=O) groups excluding carboxylic acids is 1. The van der Waals surface area contributed by atoms with Gasteiger partial charge in [0.15, 0.2) is 0 Å². The number of rotatable bonds is 7. The van der Waals surface area contributed by atoms with E-state index >= 15 is 0 Å². The summed E-state index contributed by atoms with van der Waals surface area (Å²) in [6.07, 6.45) is 4.37. The van der Waals surface area contributed by atoms with Gasteiger partial charge in [0.2, 0.25) is 10.0 Å². The highest BCUT2D eigenvalue weighted by Gasteiger charge is 2.28. The lowest BCUT2D eigenvalue weighted by atomic mass is 10.2. The second kappa shape index (κ2) is 8.95. The average Bonchev–Trinajstić information content (AvgIpc) is 3.09. The summed E-state index contributed by atoms with van der Waals surface area (Å²) < 4.78 is 28.6. The van der Waals surface area contributed by atoms with E-state index in [9.17, 15) is 13.2 Å². The van der Waals surface area contributed by atoms with Crippen LogP contribution in [0.1, 0.15) is 29.8 Å². The van der Waals surface area contributed by atoms with Gasteiger partial charge in [0.05, 0.1) is 0 Å². The van der Waals surface area contributed by atoms with Crippen molar-refractivity contribution in [3.8, 4) is 0 Å². The quantitative estimate of drug-likeness (QED) is 0.566. The molecule has 0 aliphatic carbocycles. The summed E-state index contributed by atoms with van der Waals surface area (Å²) in [6.45, 7) is 1.61. The SMILES string of the molecule is Cn1cc(S(=O)(=O)N2CCCCC2)cc1C(=O)NCCSc1ccccc1. The van der Waals surface area contributed by atoms with Gasteiger partial charge in [-0.15, -0.1) is 11.8 Å². The van der Waals surface area contributed by atoms with Crippen LogP contribution in [-0.4, -0.2) is 48.6 Å². The lowest BCUT2D eigenvalue weighted by Crippen LogP contribution is -2.35. The van der Waals surface area contributed by atoms with Gasteiger partial charge in [0.25, 0.3) is 5.91 Å². The van der Waals surface area contributed by atoms with E-state index in [2.05, 4.69) is 5.32 Å². The summed E-state index contributed by atoms with van der Waals surface area (Å²) in [6, 6.07) is 11.5. The molecule has 0 bridgehead atoms. The second-order valence-electron chi connectivity index (χ2n) is 6.55. The van der Waals surface area contributed by atoms with Crippen molar-refractivity contribution in [3.05, 3.63) is 48.3 Å². The smallest absolute Gasteiger partial charge is 0.267 e. The number of amides is 1. The Morgan fingerprint density at radius 2 is 1.85 bits per heavy atom. The minimum Gasteiger partial charge on any atom is -0.350 e. The minimum atomic E-state index is -3.53. The largest absolute Gasteiger partial charge is 0.350 e. The van der Waals surface area contributed by atoms with E-state index in [0.717, 1.165) is 29.9 Å². The van der Waals surface area contributed by atoms with Crippen molar-refractivity contribution in [2.75, 3.05) is 25.4 Å². The maximum absolute atomic E-state index is 12.8. The van der Waals surface area contributed by atoms with Crippen LogP contribution >= 0.6 is 11.8 Å². The van der Waals surface area contributed by atoms with Crippen LogP contribution in [0, 0.1) is 0 Å². The van der Waals surface area contributed by atoms with Crippen LogP contribution in [0.25, 0.3) is 0 Å². The molecule has 27 heavy (non-hydrogen) atoms. The molecule has 0 radical (unpaired) electrons. The third kappa shape index (κ3) is 4.94. The van der Waals surface area contributed by atoms with E-state index in [1.165, 1.54) is 16.6 Å².